The molecule has 26 heavy (non-hydrogen) atoms. The van der Waals surface area contributed by atoms with Crippen molar-refractivity contribution < 1.29 is 4.74 Å². The van der Waals surface area contributed by atoms with Gasteiger partial charge in [0, 0.05) is 16.4 Å². The number of piperidine rings is 1. The van der Waals surface area contributed by atoms with Gasteiger partial charge in [0.05, 0.1) is 0 Å². The molecule has 0 saturated carbocycles. The van der Waals surface area contributed by atoms with E-state index >= 15 is 0 Å². The van der Waals surface area contributed by atoms with Crippen molar-refractivity contribution in [1.29, 1.82) is 0 Å². The third-order valence-electron chi connectivity index (χ3n) is 5.41. The zero-order chi connectivity index (χ0) is 18.4. The minimum atomic E-state index is 0.0949. The fourth-order valence-corrected chi connectivity index (χ4v) is 4.09. The van der Waals surface area contributed by atoms with Gasteiger partial charge in [-0.1, -0.05) is 46.3 Å². The first-order chi connectivity index (χ1) is 12.7. The second-order valence-corrected chi connectivity index (χ2v) is 8.12. The van der Waals surface area contributed by atoms with Crippen molar-refractivity contribution in [3.05, 3.63) is 64.6 Å². The molecule has 0 amide bonds. The van der Waals surface area contributed by atoms with Crippen LogP contribution in [0.15, 0.2) is 59.1 Å². The van der Waals surface area contributed by atoms with E-state index in [0.29, 0.717) is 12.0 Å². The van der Waals surface area contributed by atoms with E-state index in [1.807, 2.05) is 30.3 Å². The first-order valence-corrected chi connectivity index (χ1v) is 10.4. The normalized spacial score (nSPS) is 18.4. The first-order valence-electron chi connectivity index (χ1n) is 9.58. The molecule has 1 aliphatic rings. The molecule has 1 heterocycles. The highest BCUT2D eigenvalue weighted by molar-refractivity contribution is 9.10. The Balaban J connectivity index is 1.73. The van der Waals surface area contributed by atoms with Gasteiger partial charge in [-0.25, -0.2) is 0 Å². The Labute approximate surface area is 165 Å². The molecule has 0 spiro atoms. The molecule has 3 nitrogen and oxygen atoms in total. The number of halogens is 1. The SMILES string of the molecule is CC(CCN)N1CCC(C(Oc2ccccc2)c2ccc(Br)cc2)CC1. The van der Waals surface area contributed by atoms with Crippen LogP contribution >= 0.6 is 15.9 Å². The Hall–Kier alpha value is -1.36. The summed E-state index contributed by atoms with van der Waals surface area (Å²) in [5, 5.41) is 0. The molecule has 1 fully saturated rings. The number of hydrogen-bond acceptors (Lipinski definition) is 3. The summed E-state index contributed by atoms with van der Waals surface area (Å²) in [6.45, 7) is 5.30. The van der Waals surface area contributed by atoms with E-state index in [0.717, 1.165) is 49.1 Å². The minimum absolute atomic E-state index is 0.0949. The molecule has 1 aliphatic heterocycles. The second kappa shape index (κ2) is 9.54. The highest BCUT2D eigenvalue weighted by Gasteiger charge is 2.30. The van der Waals surface area contributed by atoms with Crippen molar-refractivity contribution >= 4 is 15.9 Å². The smallest absolute Gasteiger partial charge is 0.127 e. The molecule has 3 rings (SSSR count). The number of benzene rings is 2. The topological polar surface area (TPSA) is 38.5 Å². The van der Waals surface area contributed by atoms with E-state index in [9.17, 15) is 0 Å². The first kappa shape index (κ1) is 19.4. The van der Waals surface area contributed by atoms with Crippen LogP contribution in [0.25, 0.3) is 0 Å². The molecule has 2 N–H and O–H groups in total. The van der Waals surface area contributed by atoms with Crippen LogP contribution in [-0.4, -0.2) is 30.6 Å². The fourth-order valence-electron chi connectivity index (χ4n) is 3.82. The van der Waals surface area contributed by atoms with Crippen LogP contribution < -0.4 is 10.5 Å². The molecule has 0 aromatic heterocycles. The zero-order valence-corrected chi connectivity index (χ0v) is 17.1. The van der Waals surface area contributed by atoms with Crippen molar-refractivity contribution in [2.45, 2.75) is 38.3 Å². The molecule has 0 aliphatic carbocycles. The Kier molecular flexibility index (Phi) is 7.12. The Bertz CT molecular complexity index is 654. The molecule has 0 bridgehead atoms. The van der Waals surface area contributed by atoms with E-state index in [1.165, 1.54) is 5.56 Å². The van der Waals surface area contributed by atoms with E-state index in [2.05, 4.69) is 52.0 Å². The summed E-state index contributed by atoms with van der Waals surface area (Å²) in [7, 11) is 0. The maximum Gasteiger partial charge on any atom is 0.127 e. The Morgan fingerprint density at radius 3 is 2.35 bits per heavy atom. The molecule has 2 aromatic rings. The van der Waals surface area contributed by atoms with Crippen molar-refractivity contribution in [2.75, 3.05) is 19.6 Å². The third-order valence-corrected chi connectivity index (χ3v) is 5.94. The summed E-state index contributed by atoms with van der Waals surface area (Å²) in [4.78, 5) is 2.57. The monoisotopic (exact) mass is 416 g/mol. The second-order valence-electron chi connectivity index (χ2n) is 7.20. The maximum atomic E-state index is 6.47. The summed E-state index contributed by atoms with van der Waals surface area (Å²) in [5.74, 6) is 1.47. The number of likely N-dealkylation sites (tertiary alicyclic amines) is 1. The van der Waals surface area contributed by atoms with Gasteiger partial charge < -0.3 is 15.4 Å². The van der Waals surface area contributed by atoms with Crippen LogP contribution in [0.5, 0.6) is 5.75 Å². The number of rotatable bonds is 7. The van der Waals surface area contributed by atoms with E-state index in [-0.39, 0.29) is 6.10 Å². The summed E-state index contributed by atoms with van der Waals surface area (Å²) >= 11 is 3.54. The lowest BCUT2D eigenvalue weighted by atomic mass is 9.86. The summed E-state index contributed by atoms with van der Waals surface area (Å²) in [5.41, 5.74) is 6.99. The number of hydrogen-bond donors (Lipinski definition) is 1. The lowest BCUT2D eigenvalue weighted by Gasteiger charge is -2.39. The van der Waals surface area contributed by atoms with Crippen molar-refractivity contribution in [3.63, 3.8) is 0 Å². The van der Waals surface area contributed by atoms with Gasteiger partial charge in [0.15, 0.2) is 0 Å². The van der Waals surface area contributed by atoms with E-state index in [4.69, 9.17) is 10.5 Å². The van der Waals surface area contributed by atoms with Crippen LogP contribution in [-0.2, 0) is 0 Å². The van der Waals surface area contributed by atoms with Gasteiger partial charge in [-0.05, 0) is 75.6 Å². The van der Waals surface area contributed by atoms with Gasteiger partial charge in [0.25, 0.3) is 0 Å². The van der Waals surface area contributed by atoms with Gasteiger partial charge in [-0.3, -0.25) is 0 Å². The largest absolute Gasteiger partial charge is 0.485 e. The van der Waals surface area contributed by atoms with E-state index in [1.54, 1.807) is 0 Å². The highest BCUT2D eigenvalue weighted by Crippen LogP contribution is 2.35. The molecular weight excluding hydrogens is 388 g/mol. The predicted octanol–water partition coefficient (Wildman–Crippen LogP) is 5.02. The maximum absolute atomic E-state index is 6.47. The summed E-state index contributed by atoms with van der Waals surface area (Å²) in [6, 6.07) is 19.3. The Morgan fingerprint density at radius 1 is 1.08 bits per heavy atom. The number of para-hydroxylation sites is 1. The lowest BCUT2D eigenvalue weighted by molar-refractivity contribution is 0.0612. The van der Waals surface area contributed by atoms with Crippen LogP contribution in [0.4, 0.5) is 0 Å². The van der Waals surface area contributed by atoms with Crippen molar-refractivity contribution in [2.24, 2.45) is 11.7 Å². The van der Waals surface area contributed by atoms with Crippen LogP contribution in [0.1, 0.15) is 37.9 Å². The number of nitrogens with zero attached hydrogens (tertiary/aromatic N) is 1. The molecular formula is C22H29BrN2O. The Morgan fingerprint density at radius 2 is 1.73 bits per heavy atom. The molecule has 140 valence electrons. The molecule has 0 radical (unpaired) electrons. The fraction of sp³-hybridized carbons (Fsp3) is 0.455. The summed E-state index contributed by atoms with van der Waals surface area (Å²) < 4.78 is 7.57. The molecule has 2 atom stereocenters. The number of nitrogens with two attached hydrogens (primary N) is 1. The van der Waals surface area contributed by atoms with Crippen molar-refractivity contribution in [1.82, 2.24) is 4.90 Å². The zero-order valence-electron chi connectivity index (χ0n) is 15.5. The minimum Gasteiger partial charge on any atom is -0.485 e. The van der Waals surface area contributed by atoms with Crippen molar-refractivity contribution in [3.8, 4) is 5.75 Å². The van der Waals surface area contributed by atoms with E-state index < -0.39 is 0 Å². The predicted molar refractivity (Wildman–Crippen MR) is 111 cm³/mol. The average Bonchev–Trinajstić information content (AvgIpc) is 2.68. The van der Waals surface area contributed by atoms with Gasteiger partial charge in [0.2, 0.25) is 0 Å². The van der Waals surface area contributed by atoms with Crippen LogP contribution in [0.2, 0.25) is 0 Å². The molecule has 2 unspecified atom stereocenters. The third kappa shape index (κ3) is 5.09. The number of ether oxygens (including phenoxy) is 1. The molecule has 2 aromatic carbocycles. The lowest BCUT2D eigenvalue weighted by Crippen LogP contribution is -2.42. The highest BCUT2D eigenvalue weighted by atomic mass is 79.9. The van der Waals surface area contributed by atoms with Crippen LogP contribution in [0.3, 0.4) is 0 Å². The van der Waals surface area contributed by atoms with Gasteiger partial charge in [-0.2, -0.15) is 0 Å². The van der Waals surface area contributed by atoms with Gasteiger partial charge in [0.1, 0.15) is 11.9 Å². The standard InChI is InChI=1S/C22H29BrN2O/c1-17(11-14-24)25-15-12-19(13-16-25)22(18-7-9-20(23)10-8-18)26-21-5-3-2-4-6-21/h2-10,17,19,22H,11-16,24H2,1H3. The van der Waals surface area contributed by atoms with Gasteiger partial charge >= 0.3 is 0 Å². The molecule has 4 heteroatoms. The van der Waals surface area contributed by atoms with Crippen LogP contribution in [0, 0.1) is 5.92 Å². The quantitative estimate of drug-likeness (QED) is 0.688. The summed E-state index contributed by atoms with van der Waals surface area (Å²) in [6.07, 6.45) is 3.48. The van der Waals surface area contributed by atoms with Gasteiger partial charge in [-0.15, -0.1) is 0 Å². The average molecular weight is 417 g/mol. The molecule has 1 saturated heterocycles.